The van der Waals surface area contributed by atoms with Crippen molar-refractivity contribution in [2.75, 3.05) is 32.7 Å². The van der Waals surface area contributed by atoms with Gasteiger partial charge in [0.05, 0.1) is 0 Å². The fraction of sp³-hybridized carbons (Fsp3) is 0.889. The van der Waals surface area contributed by atoms with Crippen molar-refractivity contribution in [2.24, 2.45) is 11.3 Å². The molecule has 116 valence electrons. The van der Waals surface area contributed by atoms with E-state index in [0.717, 1.165) is 6.04 Å². The summed E-state index contributed by atoms with van der Waals surface area (Å²) in [6, 6.07) is 0.724. The highest BCUT2D eigenvalue weighted by atomic mass is 15.2. The van der Waals surface area contributed by atoms with E-state index >= 15 is 0 Å². The monoisotopic (exact) mass is 278 g/mol. The number of hydrogen-bond acceptors (Lipinski definition) is 2. The predicted molar refractivity (Wildman–Crippen MR) is 88.0 cm³/mol. The second-order valence-corrected chi connectivity index (χ2v) is 7.72. The normalized spacial score (nSPS) is 24.1. The van der Waals surface area contributed by atoms with Gasteiger partial charge in [0.25, 0.3) is 0 Å². The van der Waals surface area contributed by atoms with Crippen LogP contribution in [-0.4, -0.2) is 48.6 Å². The molecule has 2 fully saturated rings. The maximum atomic E-state index is 4.21. The first-order chi connectivity index (χ1) is 9.42. The lowest BCUT2D eigenvalue weighted by Gasteiger charge is -2.40. The Morgan fingerprint density at radius 1 is 1.05 bits per heavy atom. The van der Waals surface area contributed by atoms with E-state index in [-0.39, 0.29) is 0 Å². The van der Waals surface area contributed by atoms with Crippen LogP contribution >= 0.6 is 0 Å². The van der Waals surface area contributed by atoms with E-state index in [9.17, 15) is 0 Å². The minimum absolute atomic E-state index is 0.639. The lowest BCUT2D eigenvalue weighted by Crippen LogP contribution is -2.42. The zero-order valence-corrected chi connectivity index (χ0v) is 14.1. The van der Waals surface area contributed by atoms with Crippen LogP contribution in [0.3, 0.4) is 0 Å². The molecule has 2 aliphatic rings. The summed E-state index contributed by atoms with van der Waals surface area (Å²) in [6.45, 7) is 19.9. The van der Waals surface area contributed by atoms with Crippen molar-refractivity contribution in [1.29, 1.82) is 0 Å². The van der Waals surface area contributed by atoms with Gasteiger partial charge >= 0.3 is 0 Å². The molecule has 0 aliphatic carbocycles. The van der Waals surface area contributed by atoms with Gasteiger partial charge in [0, 0.05) is 19.1 Å². The van der Waals surface area contributed by atoms with Gasteiger partial charge < -0.3 is 9.80 Å². The predicted octanol–water partition coefficient (Wildman–Crippen LogP) is 3.79. The molecule has 0 saturated carbocycles. The largest absolute Gasteiger partial charge is 0.303 e. The molecular weight excluding hydrogens is 244 g/mol. The topological polar surface area (TPSA) is 6.48 Å². The highest BCUT2D eigenvalue weighted by Gasteiger charge is 2.40. The fourth-order valence-corrected chi connectivity index (χ4v) is 3.66. The van der Waals surface area contributed by atoms with Crippen molar-refractivity contribution in [3.63, 3.8) is 0 Å². The van der Waals surface area contributed by atoms with Gasteiger partial charge in [-0.1, -0.05) is 26.0 Å². The summed E-state index contributed by atoms with van der Waals surface area (Å²) in [4.78, 5) is 5.34. The maximum Gasteiger partial charge on any atom is 0.00421 e. The number of rotatable bonds is 5. The first-order valence-electron chi connectivity index (χ1n) is 8.56. The molecule has 0 radical (unpaired) electrons. The van der Waals surface area contributed by atoms with E-state index in [1.54, 1.807) is 0 Å². The Morgan fingerprint density at radius 2 is 1.65 bits per heavy atom. The second-order valence-electron chi connectivity index (χ2n) is 7.72. The molecule has 2 rings (SSSR count). The van der Waals surface area contributed by atoms with Crippen LogP contribution in [0.15, 0.2) is 12.2 Å². The molecule has 20 heavy (non-hydrogen) atoms. The Kier molecular flexibility index (Phi) is 5.30. The summed E-state index contributed by atoms with van der Waals surface area (Å²) in [7, 11) is 0. The van der Waals surface area contributed by atoms with Crippen LogP contribution in [0.25, 0.3) is 0 Å². The van der Waals surface area contributed by atoms with Gasteiger partial charge in [-0.2, -0.15) is 0 Å². The van der Waals surface area contributed by atoms with E-state index in [1.165, 1.54) is 64.0 Å². The summed E-state index contributed by atoms with van der Waals surface area (Å²) in [5.41, 5.74) is 2.06. The van der Waals surface area contributed by atoms with Gasteiger partial charge in [0.15, 0.2) is 0 Å². The number of nitrogens with zero attached hydrogens (tertiary/aromatic N) is 2. The van der Waals surface area contributed by atoms with Gasteiger partial charge in [0.2, 0.25) is 0 Å². The summed E-state index contributed by atoms with van der Waals surface area (Å²) < 4.78 is 0. The Bertz CT molecular complexity index is 324. The Labute approximate surface area is 126 Å². The molecule has 2 heteroatoms. The smallest absolute Gasteiger partial charge is 0.00421 e. The molecule has 0 unspecified atom stereocenters. The lowest BCUT2D eigenvalue weighted by molar-refractivity contribution is 0.104. The number of likely N-dealkylation sites (tertiary alicyclic amines) is 2. The molecule has 0 aromatic carbocycles. The summed E-state index contributed by atoms with van der Waals surface area (Å²) in [6.07, 6.45) is 5.43. The molecule has 0 aromatic rings. The summed E-state index contributed by atoms with van der Waals surface area (Å²) in [5, 5.41) is 0. The molecule has 2 aliphatic heterocycles. The molecule has 2 saturated heterocycles. The van der Waals surface area contributed by atoms with Crippen LogP contribution in [0.4, 0.5) is 0 Å². The Balaban J connectivity index is 1.74. The van der Waals surface area contributed by atoms with Crippen molar-refractivity contribution >= 4 is 0 Å². The highest BCUT2D eigenvalue weighted by Crippen LogP contribution is 2.41. The zero-order valence-electron chi connectivity index (χ0n) is 14.1. The van der Waals surface area contributed by atoms with E-state index in [4.69, 9.17) is 0 Å². The average Bonchev–Trinajstić information content (AvgIpc) is 2.82. The molecular formula is C18H34N2. The molecule has 2 heterocycles. The zero-order chi connectivity index (χ0) is 14.8. The molecule has 2 nitrogen and oxygen atoms in total. The SMILES string of the molecule is C=C(CCN1CCC2(CC1)CCN(C(C)C)C2)C(C)C. The molecule has 0 amide bonds. The second kappa shape index (κ2) is 6.62. The summed E-state index contributed by atoms with van der Waals surface area (Å²) in [5.74, 6) is 0.639. The van der Waals surface area contributed by atoms with Crippen molar-refractivity contribution in [3.05, 3.63) is 12.2 Å². The van der Waals surface area contributed by atoms with Crippen LogP contribution in [0, 0.1) is 11.3 Å². The molecule has 0 atom stereocenters. The van der Waals surface area contributed by atoms with Crippen LogP contribution in [0.1, 0.15) is 53.4 Å². The third-order valence-electron chi connectivity index (χ3n) is 5.68. The number of hydrogen-bond donors (Lipinski definition) is 0. The van der Waals surface area contributed by atoms with Crippen molar-refractivity contribution in [3.8, 4) is 0 Å². The minimum Gasteiger partial charge on any atom is -0.303 e. The first-order valence-corrected chi connectivity index (χ1v) is 8.56. The van der Waals surface area contributed by atoms with Crippen LogP contribution < -0.4 is 0 Å². The first kappa shape index (κ1) is 16.0. The van der Waals surface area contributed by atoms with Crippen LogP contribution in [0.2, 0.25) is 0 Å². The van der Waals surface area contributed by atoms with E-state index in [2.05, 4.69) is 44.1 Å². The molecule has 0 bridgehead atoms. The maximum absolute atomic E-state index is 4.21. The van der Waals surface area contributed by atoms with E-state index < -0.39 is 0 Å². The van der Waals surface area contributed by atoms with Gasteiger partial charge in [0.1, 0.15) is 0 Å². The summed E-state index contributed by atoms with van der Waals surface area (Å²) >= 11 is 0. The third kappa shape index (κ3) is 3.85. The standard InChI is InChI=1S/C18H34N2/c1-15(2)17(5)6-10-19-11-7-18(8-12-19)9-13-20(14-18)16(3)4/h15-16H,5-14H2,1-4H3. The highest BCUT2D eigenvalue weighted by molar-refractivity contribution is 4.99. The van der Waals surface area contributed by atoms with Crippen molar-refractivity contribution in [2.45, 2.75) is 59.4 Å². The third-order valence-corrected chi connectivity index (χ3v) is 5.68. The van der Waals surface area contributed by atoms with Crippen molar-refractivity contribution < 1.29 is 0 Å². The molecule has 0 aromatic heterocycles. The average molecular weight is 278 g/mol. The fourth-order valence-electron chi connectivity index (χ4n) is 3.66. The van der Waals surface area contributed by atoms with Gasteiger partial charge in [-0.25, -0.2) is 0 Å². The molecule has 1 spiro atoms. The lowest BCUT2D eigenvalue weighted by atomic mass is 9.77. The van der Waals surface area contributed by atoms with Crippen LogP contribution in [0.5, 0.6) is 0 Å². The molecule has 0 N–H and O–H groups in total. The Morgan fingerprint density at radius 3 is 2.15 bits per heavy atom. The van der Waals surface area contributed by atoms with Crippen LogP contribution in [-0.2, 0) is 0 Å². The van der Waals surface area contributed by atoms with Gasteiger partial charge in [-0.05, 0) is 70.5 Å². The minimum atomic E-state index is 0.639. The van der Waals surface area contributed by atoms with E-state index in [0.29, 0.717) is 11.3 Å². The van der Waals surface area contributed by atoms with Gasteiger partial charge in [-0.15, -0.1) is 0 Å². The quantitative estimate of drug-likeness (QED) is 0.706. The Hall–Kier alpha value is -0.340. The van der Waals surface area contributed by atoms with Crippen molar-refractivity contribution in [1.82, 2.24) is 9.80 Å². The number of piperidine rings is 1. The van der Waals surface area contributed by atoms with E-state index in [1.807, 2.05) is 0 Å². The van der Waals surface area contributed by atoms with Gasteiger partial charge in [-0.3, -0.25) is 0 Å².